The summed E-state index contributed by atoms with van der Waals surface area (Å²) in [6.07, 6.45) is -1.87. The van der Waals surface area contributed by atoms with Crippen molar-refractivity contribution in [3.63, 3.8) is 0 Å². The third-order valence-electron chi connectivity index (χ3n) is 4.19. The molecule has 0 spiro atoms. The second-order valence-corrected chi connectivity index (χ2v) is 6.37. The number of carbonyl (C=O) groups is 2. The Morgan fingerprint density at radius 2 is 1.96 bits per heavy atom. The fraction of sp³-hybridized carbons (Fsp3) is 0.500. The Morgan fingerprint density at radius 3 is 2.56 bits per heavy atom. The molecule has 5 atom stereocenters. The number of aliphatic hydroxyl groups is 1. The van der Waals surface area contributed by atoms with Crippen LogP contribution in [0.4, 0.5) is 0 Å². The van der Waals surface area contributed by atoms with Gasteiger partial charge < -0.3 is 24.1 Å². The van der Waals surface area contributed by atoms with Crippen molar-refractivity contribution in [2.24, 2.45) is 0 Å². The normalized spacial score (nSPS) is 25.6. The second-order valence-electron chi connectivity index (χ2n) is 6.37. The Labute approximate surface area is 158 Å². The van der Waals surface area contributed by atoms with Gasteiger partial charge in [0.25, 0.3) is 0 Å². The summed E-state index contributed by atoms with van der Waals surface area (Å²) in [4.78, 5) is 22.7. The molecule has 7 nitrogen and oxygen atoms in total. The number of rotatable bonds is 9. The van der Waals surface area contributed by atoms with Crippen molar-refractivity contribution in [2.75, 3.05) is 6.61 Å². The SMILES string of the molecule is C=CC[C@@H]1O[C@H]([C@@H](COC(C)=O)OC(C)=O)[C@H](OCc2ccccc2)[C@H]1O. The average molecular weight is 378 g/mol. The van der Waals surface area contributed by atoms with Crippen LogP contribution in [-0.4, -0.2) is 54.2 Å². The summed E-state index contributed by atoms with van der Waals surface area (Å²) in [5.74, 6) is -1.05. The predicted molar refractivity (Wildman–Crippen MR) is 96.7 cm³/mol. The Bertz CT molecular complexity index is 630. The molecule has 1 heterocycles. The minimum absolute atomic E-state index is 0.182. The minimum atomic E-state index is -0.938. The molecule has 0 aromatic heterocycles. The van der Waals surface area contributed by atoms with Crippen molar-refractivity contribution in [3.8, 4) is 0 Å². The molecule has 1 aliphatic heterocycles. The highest BCUT2D eigenvalue weighted by atomic mass is 16.6. The molecule has 1 aromatic carbocycles. The highest BCUT2D eigenvalue weighted by Gasteiger charge is 2.48. The van der Waals surface area contributed by atoms with E-state index in [4.69, 9.17) is 18.9 Å². The first-order chi connectivity index (χ1) is 12.9. The van der Waals surface area contributed by atoms with E-state index in [9.17, 15) is 14.7 Å². The van der Waals surface area contributed by atoms with Gasteiger partial charge in [-0.05, 0) is 12.0 Å². The van der Waals surface area contributed by atoms with E-state index in [1.54, 1.807) is 6.08 Å². The molecule has 1 aromatic rings. The summed E-state index contributed by atoms with van der Waals surface area (Å²) < 4.78 is 22.1. The first kappa shape index (κ1) is 21.1. The van der Waals surface area contributed by atoms with Gasteiger partial charge in [-0.15, -0.1) is 6.58 Å². The van der Waals surface area contributed by atoms with E-state index < -0.39 is 42.5 Å². The quantitative estimate of drug-likeness (QED) is 0.517. The largest absolute Gasteiger partial charge is 0.462 e. The number of hydrogen-bond donors (Lipinski definition) is 1. The molecule has 148 valence electrons. The zero-order valence-corrected chi connectivity index (χ0v) is 15.6. The van der Waals surface area contributed by atoms with Crippen LogP contribution in [0.2, 0.25) is 0 Å². The monoisotopic (exact) mass is 378 g/mol. The smallest absolute Gasteiger partial charge is 0.303 e. The van der Waals surface area contributed by atoms with Crippen molar-refractivity contribution >= 4 is 11.9 Å². The molecule has 1 fully saturated rings. The molecule has 0 radical (unpaired) electrons. The van der Waals surface area contributed by atoms with Crippen molar-refractivity contribution in [1.82, 2.24) is 0 Å². The van der Waals surface area contributed by atoms with Gasteiger partial charge in [-0.25, -0.2) is 0 Å². The van der Waals surface area contributed by atoms with Crippen molar-refractivity contribution in [3.05, 3.63) is 48.6 Å². The third kappa shape index (κ3) is 6.16. The molecule has 0 aliphatic carbocycles. The molecular weight excluding hydrogens is 352 g/mol. The van der Waals surface area contributed by atoms with Gasteiger partial charge in [0.05, 0.1) is 12.7 Å². The van der Waals surface area contributed by atoms with Crippen LogP contribution in [0.15, 0.2) is 43.0 Å². The fourth-order valence-electron chi connectivity index (χ4n) is 2.99. The van der Waals surface area contributed by atoms with E-state index in [0.717, 1.165) is 5.56 Å². The van der Waals surface area contributed by atoms with Gasteiger partial charge in [-0.2, -0.15) is 0 Å². The van der Waals surface area contributed by atoms with Gasteiger partial charge in [0.15, 0.2) is 6.10 Å². The number of hydrogen-bond acceptors (Lipinski definition) is 7. The van der Waals surface area contributed by atoms with Gasteiger partial charge >= 0.3 is 11.9 Å². The zero-order valence-electron chi connectivity index (χ0n) is 15.6. The maximum absolute atomic E-state index is 11.5. The summed E-state index contributed by atoms with van der Waals surface area (Å²) >= 11 is 0. The van der Waals surface area contributed by atoms with Crippen LogP contribution in [0.5, 0.6) is 0 Å². The first-order valence-corrected chi connectivity index (χ1v) is 8.83. The van der Waals surface area contributed by atoms with Crippen molar-refractivity contribution in [2.45, 2.75) is 57.4 Å². The Hall–Kier alpha value is -2.22. The van der Waals surface area contributed by atoms with Gasteiger partial charge in [0, 0.05) is 13.8 Å². The Kier molecular flexibility index (Phi) is 7.97. The van der Waals surface area contributed by atoms with Crippen molar-refractivity contribution in [1.29, 1.82) is 0 Å². The molecule has 27 heavy (non-hydrogen) atoms. The van der Waals surface area contributed by atoms with E-state index >= 15 is 0 Å². The van der Waals surface area contributed by atoms with E-state index in [0.29, 0.717) is 6.42 Å². The lowest BCUT2D eigenvalue weighted by Gasteiger charge is -2.27. The summed E-state index contributed by atoms with van der Waals surface area (Å²) in [6, 6.07) is 9.48. The van der Waals surface area contributed by atoms with E-state index in [2.05, 4.69) is 6.58 Å². The lowest BCUT2D eigenvalue weighted by molar-refractivity contribution is -0.172. The third-order valence-corrected chi connectivity index (χ3v) is 4.19. The van der Waals surface area contributed by atoms with Gasteiger partial charge in [-0.1, -0.05) is 36.4 Å². The lowest BCUT2D eigenvalue weighted by atomic mass is 10.0. The number of esters is 2. The predicted octanol–water partition coefficient (Wildman–Crippen LogP) is 1.77. The minimum Gasteiger partial charge on any atom is -0.462 e. The highest BCUT2D eigenvalue weighted by molar-refractivity contribution is 5.67. The number of benzene rings is 1. The molecule has 0 amide bonds. The maximum Gasteiger partial charge on any atom is 0.303 e. The summed E-state index contributed by atoms with van der Waals surface area (Å²) in [5.41, 5.74) is 0.930. The van der Waals surface area contributed by atoms with E-state index in [1.807, 2.05) is 30.3 Å². The maximum atomic E-state index is 11.5. The molecule has 0 bridgehead atoms. The van der Waals surface area contributed by atoms with Crippen LogP contribution in [0.1, 0.15) is 25.8 Å². The topological polar surface area (TPSA) is 91.3 Å². The summed E-state index contributed by atoms with van der Waals surface area (Å²) in [7, 11) is 0. The number of aliphatic hydroxyl groups excluding tert-OH is 1. The molecule has 0 unspecified atom stereocenters. The zero-order chi connectivity index (χ0) is 19.8. The summed E-state index contributed by atoms with van der Waals surface area (Å²) in [6.45, 7) is 6.26. The molecule has 1 saturated heterocycles. The van der Waals surface area contributed by atoms with Gasteiger partial charge in [0.1, 0.15) is 24.9 Å². The number of carbonyl (C=O) groups excluding carboxylic acids is 2. The fourth-order valence-corrected chi connectivity index (χ4v) is 2.99. The molecule has 7 heteroatoms. The van der Waals surface area contributed by atoms with Crippen LogP contribution >= 0.6 is 0 Å². The average Bonchev–Trinajstić information content (AvgIpc) is 2.93. The lowest BCUT2D eigenvalue weighted by Crippen LogP contribution is -2.45. The molecule has 1 N–H and O–H groups in total. The van der Waals surface area contributed by atoms with E-state index in [-0.39, 0.29) is 13.2 Å². The standard InChI is InChI=1S/C20H26O7/c1-4-8-16-18(23)20(25-11-15-9-6-5-7-10-15)19(27-16)17(26-14(3)22)12-24-13(2)21/h4-7,9-10,16-20,23H,1,8,11-12H2,2-3H3/t16-,17+,18-,19+,20+/m0/s1. The van der Waals surface area contributed by atoms with Crippen molar-refractivity contribution < 1.29 is 33.6 Å². The van der Waals surface area contributed by atoms with Crippen LogP contribution in [0.25, 0.3) is 0 Å². The van der Waals surface area contributed by atoms with Crippen LogP contribution in [-0.2, 0) is 35.1 Å². The van der Waals surface area contributed by atoms with Crippen LogP contribution in [0.3, 0.4) is 0 Å². The second kappa shape index (κ2) is 10.2. The Balaban J connectivity index is 2.16. The Morgan fingerprint density at radius 1 is 1.26 bits per heavy atom. The molecule has 1 aliphatic rings. The van der Waals surface area contributed by atoms with Gasteiger partial charge in [-0.3, -0.25) is 9.59 Å². The van der Waals surface area contributed by atoms with Gasteiger partial charge in [0.2, 0.25) is 0 Å². The van der Waals surface area contributed by atoms with Crippen LogP contribution < -0.4 is 0 Å². The summed E-state index contributed by atoms with van der Waals surface area (Å²) in [5, 5.41) is 10.6. The molecule has 2 rings (SSSR count). The molecular formula is C20H26O7. The number of ether oxygens (including phenoxy) is 4. The molecule has 0 saturated carbocycles. The van der Waals surface area contributed by atoms with Crippen LogP contribution in [0, 0.1) is 0 Å². The first-order valence-electron chi connectivity index (χ1n) is 8.83. The highest BCUT2D eigenvalue weighted by Crippen LogP contribution is 2.30. The van der Waals surface area contributed by atoms with E-state index in [1.165, 1.54) is 13.8 Å².